The maximum atomic E-state index is 13.1. The fourth-order valence-corrected chi connectivity index (χ4v) is 5.36. The van der Waals surface area contributed by atoms with Crippen molar-refractivity contribution in [2.45, 2.75) is 57.0 Å². The van der Waals surface area contributed by atoms with Crippen LogP contribution in [-0.4, -0.2) is 47.4 Å². The minimum absolute atomic E-state index is 0.243. The molecule has 0 unspecified atom stereocenters. The number of likely N-dealkylation sites (tertiary alicyclic amines) is 2. The molecule has 1 aromatic rings. The van der Waals surface area contributed by atoms with Gasteiger partial charge in [0.25, 0.3) is 0 Å². The van der Waals surface area contributed by atoms with Crippen LogP contribution >= 0.6 is 23.2 Å². The van der Waals surface area contributed by atoms with Crippen molar-refractivity contribution in [1.82, 2.24) is 9.80 Å². The first-order chi connectivity index (χ1) is 12.1. The Labute approximate surface area is 160 Å². The van der Waals surface area contributed by atoms with Crippen molar-refractivity contribution in [3.63, 3.8) is 0 Å². The van der Waals surface area contributed by atoms with Gasteiger partial charge in [-0.15, -0.1) is 0 Å². The summed E-state index contributed by atoms with van der Waals surface area (Å²) in [5.74, 6) is 1.06. The van der Waals surface area contributed by atoms with E-state index < -0.39 is 0 Å². The first-order valence-electron chi connectivity index (χ1n) is 9.59. The average Bonchev–Trinajstić information content (AvgIpc) is 3.13. The Morgan fingerprint density at radius 3 is 2.56 bits per heavy atom. The summed E-state index contributed by atoms with van der Waals surface area (Å²) in [7, 11) is 0. The SMILES string of the molecule is O=C(Cc1ccc(Cl)c(Cl)c1)N1CC[C@@H]2CC[C@H](N3CCCC3)[C@H]1C2. The molecule has 0 spiro atoms. The van der Waals surface area contributed by atoms with E-state index in [-0.39, 0.29) is 5.91 Å². The number of piperidine rings is 1. The number of fused-ring (bicyclic) bond motifs is 2. The molecule has 1 aliphatic carbocycles. The number of nitrogens with zero attached hydrogens (tertiary/aromatic N) is 2. The van der Waals surface area contributed by atoms with Crippen LogP contribution < -0.4 is 0 Å². The summed E-state index contributed by atoms with van der Waals surface area (Å²) in [4.78, 5) is 17.9. The maximum absolute atomic E-state index is 13.1. The molecule has 5 heteroatoms. The zero-order chi connectivity index (χ0) is 17.4. The van der Waals surface area contributed by atoms with Crippen LogP contribution in [0.15, 0.2) is 18.2 Å². The Bertz CT molecular complexity index is 645. The molecule has 0 N–H and O–H groups in total. The van der Waals surface area contributed by atoms with Crippen LogP contribution in [0.2, 0.25) is 10.0 Å². The zero-order valence-electron chi connectivity index (χ0n) is 14.6. The number of carbonyl (C=O) groups excluding carboxylic acids is 1. The molecule has 1 aromatic carbocycles. The third-order valence-electron chi connectivity index (χ3n) is 6.34. The van der Waals surface area contributed by atoms with Gasteiger partial charge in [-0.3, -0.25) is 9.69 Å². The van der Waals surface area contributed by atoms with E-state index in [1.807, 2.05) is 12.1 Å². The highest BCUT2D eigenvalue weighted by Crippen LogP contribution is 2.38. The van der Waals surface area contributed by atoms with Crippen molar-refractivity contribution in [1.29, 1.82) is 0 Å². The Hall–Kier alpha value is -0.770. The molecule has 0 radical (unpaired) electrons. The van der Waals surface area contributed by atoms with Crippen molar-refractivity contribution in [2.24, 2.45) is 5.92 Å². The molecule has 3 atom stereocenters. The van der Waals surface area contributed by atoms with Gasteiger partial charge in [0.1, 0.15) is 0 Å². The van der Waals surface area contributed by atoms with Crippen LogP contribution in [0.5, 0.6) is 0 Å². The second-order valence-electron chi connectivity index (χ2n) is 7.86. The molecule has 2 heterocycles. The Morgan fingerprint density at radius 1 is 1.00 bits per heavy atom. The van der Waals surface area contributed by atoms with Crippen LogP contribution in [-0.2, 0) is 11.2 Å². The molecule has 0 aromatic heterocycles. The van der Waals surface area contributed by atoms with Gasteiger partial charge in [0.05, 0.1) is 16.5 Å². The van der Waals surface area contributed by atoms with Gasteiger partial charge in [0.15, 0.2) is 0 Å². The van der Waals surface area contributed by atoms with Crippen molar-refractivity contribution < 1.29 is 4.79 Å². The first kappa shape index (κ1) is 17.6. The second kappa shape index (κ2) is 7.46. The minimum atomic E-state index is 0.243. The summed E-state index contributed by atoms with van der Waals surface area (Å²) in [6, 6.07) is 6.50. The van der Waals surface area contributed by atoms with E-state index in [4.69, 9.17) is 23.2 Å². The molecule has 2 bridgehead atoms. The van der Waals surface area contributed by atoms with Crippen LogP contribution in [0.4, 0.5) is 0 Å². The van der Waals surface area contributed by atoms with Crippen molar-refractivity contribution >= 4 is 29.1 Å². The third kappa shape index (κ3) is 3.70. The number of benzene rings is 1. The lowest BCUT2D eigenvalue weighted by Gasteiger charge is -2.50. The number of rotatable bonds is 3. The largest absolute Gasteiger partial charge is 0.338 e. The van der Waals surface area contributed by atoms with Crippen LogP contribution in [0, 0.1) is 5.92 Å². The molecule has 25 heavy (non-hydrogen) atoms. The van der Waals surface area contributed by atoms with Crippen LogP contribution in [0.25, 0.3) is 0 Å². The van der Waals surface area contributed by atoms with Gasteiger partial charge < -0.3 is 4.90 Å². The molecule has 2 saturated heterocycles. The van der Waals surface area contributed by atoms with Gasteiger partial charge >= 0.3 is 0 Å². The van der Waals surface area contributed by atoms with Crippen molar-refractivity contribution in [3.05, 3.63) is 33.8 Å². The number of carbonyl (C=O) groups is 1. The highest BCUT2D eigenvalue weighted by Gasteiger charge is 2.42. The predicted molar refractivity (Wildman–Crippen MR) is 102 cm³/mol. The average molecular weight is 381 g/mol. The number of hydrogen-bond acceptors (Lipinski definition) is 2. The van der Waals surface area contributed by atoms with E-state index in [0.29, 0.717) is 28.5 Å². The summed E-state index contributed by atoms with van der Waals surface area (Å²) in [5.41, 5.74) is 0.954. The third-order valence-corrected chi connectivity index (χ3v) is 7.08. The van der Waals surface area contributed by atoms with Crippen LogP contribution in [0.3, 0.4) is 0 Å². The molecule has 1 saturated carbocycles. The summed E-state index contributed by atoms with van der Waals surface area (Å²) in [5, 5.41) is 1.07. The molecule has 136 valence electrons. The summed E-state index contributed by atoms with van der Waals surface area (Å²) in [6.45, 7) is 3.33. The molecule has 3 nitrogen and oxygen atoms in total. The Balaban J connectivity index is 1.49. The second-order valence-corrected chi connectivity index (χ2v) is 8.67. The summed E-state index contributed by atoms with van der Waals surface area (Å²) >= 11 is 12.1. The monoisotopic (exact) mass is 380 g/mol. The molecule has 2 aliphatic heterocycles. The van der Waals surface area contributed by atoms with Gasteiger partial charge in [0, 0.05) is 18.6 Å². The number of halogens is 2. The number of amides is 1. The van der Waals surface area contributed by atoms with E-state index in [1.54, 1.807) is 6.07 Å². The van der Waals surface area contributed by atoms with E-state index >= 15 is 0 Å². The highest BCUT2D eigenvalue weighted by atomic mass is 35.5. The van der Waals surface area contributed by atoms with Gasteiger partial charge in [0.2, 0.25) is 5.91 Å². The van der Waals surface area contributed by atoms with E-state index in [0.717, 1.165) is 24.4 Å². The van der Waals surface area contributed by atoms with E-state index in [9.17, 15) is 4.79 Å². The molecular weight excluding hydrogens is 355 g/mol. The van der Waals surface area contributed by atoms with Crippen molar-refractivity contribution in [3.8, 4) is 0 Å². The fraction of sp³-hybridized carbons (Fsp3) is 0.650. The lowest BCUT2D eigenvalue weighted by Crippen LogP contribution is -2.59. The first-order valence-corrected chi connectivity index (χ1v) is 10.3. The standard InChI is InChI=1S/C20H26Cl2N2O/c21-16-5-3-15(11-17(16)22)13-20(25)24-10-7-14-4-6-18(19(24)12-14)23-8-1-2-9-23/h3,5,11,14,18-19H,1-2,4,6-10,12-13H2/t14-,18-,19+/m0/s1. The van der Waals surface area contributed by atoms with Gasteiger partial charge in [-0.2, -0.15) is 0 Å². The molecule has 1 amide bonds. The lowest BCUT2D eigenvalue weighted by atomic mass is 9.76. The normalized spacial score (nSPS) is 29.8. The summed E-state index contributed by atoms with van der Waals surface area (Å²) in [6.07, 6.45) is 7.99. The van der Waals surface area contributed by atoms with E-state index in [2.05, 4.69) is 9.80 Å². The van der Waals surface area contributed by atoms with Gasteiger partial charge in [-0.25, -0.2) is 0 Å². The van der Waals surface area contributed by atoms with Crippen LogP contribution in [0.1, 0.15) is 44.1 Å². The Morgan fingerprint density at radius 2 is 1.80 bits per heavy atom. The molecule has 4 rings (SSSR count). The minimum Gasteiger partial charge on any atom is -0.338 e. The van der Waals surface area contributed by atoms with E-state index in [1.165, 1.54) is 45.2 Å². The highest BCUT2D eigenvalue weighted by molar-refractivity contribution is 6.42. The molecule has 3 aliphatic rings. The van der Waals surface area contributed by atoms with Crippen molar-refractivity contribution in [2.75, 3.05) is 19.6 Å². The zero-order valence-corrected chi connectivity index (χ0v) is 16.1. The summed E-state index contributed by atoms with van der Waals surface area (Å²) < 4.78 is 0. The predicted octanol–water partition coefficient (Wildman–Crippen LogP) is 4.40. The molecule has 3 fully saturated rings. The fourth-order valence-electron chi connectivity index (χ4n) is 5.03. The van der Waals surface area contributed by atoms with Gasteiger partial charge in [-0.1, -0.05) is 29.3 Å². The lowest BCUT2D eigenvalue weighted by molar-refractivity contribution is -0.138. The smallest absolute Gasteiger partial charge is 0.227 e. The maximum Gasteiger partial charge on any atom is 0.227 e. The number of hydrogen-bond donors (Lipinski definition) is 0. The molecular formula is C20H26Cl2N2O. The van der Waals surface area contributed by atoms with Gasteiger partial charge in [-0.05, 0) is 75.2 Å². The quantitative estimate of drug-likeness (QED) is 0.775. The topological polar surface area (TPSA) is 23.6 Å². The Kier molecular flexibility index (Phi) is 5.26.